The van der Waals surface area contributed by atoms with Gasteiger partial charge in [0, 0.05) is 22.3 Å². The van der Waals surface area contributed by atoms with Gasteiger partial charge in [-0.2, -0.15) is 0 Å². The summed E-state index contributed by atoms with van der Waals surface area (Å²) in [5.74, 6) is -0.984. The van der Waals surface area contributed by atoms with Gasteiger partial charge in [-0.3, -0.25) is 9.59 Å². The summed E-state index contributed by atoms with van der Waals surface area (Å²) in [6.07, 6.45) is 4.17. The molecule has 0 aliphatic carbocycles. The van der Waals surface area contributed by atoms with Crippen LogP contribution in [0.3, 0.4) is 0 Å². The predicted molar refractivity (Wildman–Crippen MR) is 141 cm³/mol. The first-order chi connectivity index (χ1) is 15.5. The van der Waals surface area contributed by atoms with E-state index in [9.17, 15) is 14.0 Å². The highest BCUT2D eigenvalue weighted by Crippen LogP contribution is 2.10. The molecule has 0 aliphatic heterocycles. The maximum Gasteiger partial charge on any atom is 0.251 e. The number of carbonyl (C=O) groups is 2. The first-order valence-electron chi connectivity index (χ1n) is 11.9. The molecule has 2 rings (SSSR count). The van der Waals surface area contributed by atoms with E-state index in [1.165, 1.54) is 24.3 Å². The second-order valence-electron chi connectivity index (χ2n) is 10.0. The molecule has 0 unspecified atom stereocenters. The molecule has 0 radical (unpaired) electrons. The fourth-order valence-electron chi connectivity index (χ4n) is 3.19. The van der Waals surface area contributed by atoms with Crippen LogP contribution in [0.25, 0.3) is 0 Å². The highest BCUT2D eigenvalue weighted by Gasteiger charge is 2.24. The van der Waals surface area contributed by atoms with Gasteiger partial charge in [0.1, 0.15) is 11.9 Å². The first kappa shape index (κ1) is 28.3. The van der Waals surface area contributed by atoms with Crippen LogP contribution >= 0.6 is 0 Å². The summed E-state index contributed by atoms with van der Waals surface area (Å²) in [6.45, 7) is 12.9. The lowest BCUT2D eigenvalue weighted by molar-refractivity contribution is -0.123. The predicted octanol–water partition coefficient (Wildman–Crippen LogP) is 7.04. The van der Waals surface area contributed by atoms with Crippen molar-refractivity contribution in [2.45, 2.75) is 85.7 Å². The third kappa shape index (κ3) is 12.8. The Kier molecular flexibility index (Phi) is 12.4. The van der Waals surface area contributed by atoms with Gasteiger partial charge >= 0.3 is 0 Å². The lowest BCUT2D eigenvalue weighted by Gasteiger charge is -2.23. The van der Waals surface area contributed by atoms with E-state index in [2.05, 4.69) is 52.2 Å². The zero-order chi connectivity index (χ0) is 24.9. The average molecular weight is 463 g/mol. The minimum absolute atomic E-state index is 0. The van der Waals surface area contributed by atoms with Crippen LogP contribution in [0.1, 0.15) is 87.4 Å². The van der Waals surface area contributed by atoms with Gasteiger partial charge in [-0.15, -0.1) is 0 Å². The largest absolute Gasteiger partial charge is 0.352 e. The lowest BCUT2D eigenvalue weighted by Crippen LogP contribution is -2.50. The molecule has 0 aromatic heterocycles. The molecule has 1 atom stereocenters. The van der Waals surface area contributed by atoms with E-state index in [0.717, 1.165) is 31.2 Å². The Labute approximate surface area is 203 Å². The number of nitrogens with one attached hydrogen (secondary N) is 2. The molecule has 4 nitrogen and oxygen atoms in total. The number of carbonyl (C=O) groups excluding carboxylic acids is 2. The summed E-state index contributed by atoms with van der Waals surface area (Å²) >= 11 is 0. The minimum atomic E-state index is -0.698. The second kappa shape index (κ2) is 14.5. The average Bonchev–Trinajstić information content (AvgIpc) is 2.73. The summed E-state index contributed by atoms with van der Waals surface area (Å²) in [7, 11) is 0. The molecule has 0 aliphatic rings. The van der Waals surface area contributed by atoms with Gasteiger partial charge in [0.25, 0.3) is 5.91 Å². The Balaban J connectivity index is -0.00000124. The summed E-state index contributed by atoms with van der Waals surface area (Å²) in [6, 6.07) is 14.3. The van der Waals surface area contributed by atoms with Crippen molar-refractivity contribution in [1.82, 2.24) is 10.6 Å². The zero-order valence-corrected chi connectivity index (χ0v) is 21.1. The molecule has 188 valence electrons. The molecule has 2 amide bonds. The van der Waals surface area contributed by atoms with Gasteiger partial charge in [0.15, 0.2) is 0 Å². The van der Waals surface area contributed by atoms with Gasteiger partial charge < -0.3 is 10.6 Å². The Morgan fingerprint density at radius 1 is 0.879 bits per heavy atom. The van der Waals surface area contributed by atoms with Crippen molar-refractivity contribution in [2.75, 3.05) is 0 Å². The van der Waals surface area contributed by atoms with E-state index in [0.29, 0.717) is 17.4 Å². The van der Waals surface area contributed by atoms with Crippen LogP contribution < -0.4 is 10.6 Å². The number of halogens is 1. The summed E-state index contributed by atoms with van der Waals surface area (Å²) in [5, 5.41) is 5.91. The molecule has 0 bridgehead atoms. The van der Waals surface area contributed by atoms with E-state index in [4.69, 9.17) is 0 Å². The SMILES string of the molecule is CC(C)(C)C.CCCC(CCC)NC(=O)[C@H](Cc1ccccc1)NC(=O)c1ccc(F)cc1.[HH].[HH].[HH]. The fourth-order valence-corrected chi connectivity index (χ4v) is 3.19. The van der Waals surface area contributed by atoms with Crippen LogP contribution in [0.2, 0.25) is 0 Å². The van der Waals surface area contributed by atoms with Crippen molar-refractivity contribution in [3.05, 3.63) is 71.5 Å². The molecule has 2 aromatic rings. The molecule has 0 heterocycles. The van der Waals surface area contributed by atoms with Crippen molar-refractivity contribution in [1.29, 1.82) is 0 Å². The van der Waals surface area contributed by atoms with Crippen LogP contribution in [-0.2, 0) is 11.2 Å². The summed E-state index contributed by atoms with van der Waals surface area (Å²) in [5.41, 5.74) is 1.79. The molecule has 2 aromatic carbocycles. The van der Waals surface area contributed by atoms with Crippen molar-refractivity contribution < 1.29 is 18.3 Å². The van der Waals surface area contributed by atoms with Crippen molar-refractivity contribution in [2.24, 2.45) is 5.41 Å². The van der Waals surface area contributed by atoms with Crippen LogP contribution in [0, 0.1) is 11.2 Å². The van der Waals surface area contributed by atoms with Crippen LogP contribution in [-0.4, -0.2) is 23.9 Å². The van der Waals surface area contributed by atoms with E-state index >= 15 is 0 Å². The summed E-state index contributed by atoms with van der Waals surface area (Å²) in [4.78, 5) is 25.5. The Morgan fingerprint density at radius 2 is 1.39 bits per heavy atom. The van der Waals surface area contributed by atoms with Crippen LogP contribution in [0.4, 0.5) is 4.39 Å². The third-order valence-electron chi connectivity index (χ3n) is 4.63. The molecule has 2 N–H and O–H groups in total. The molecular formula is C28H47FN2O2. The van der Waals surface area contributed by atoms with Crippen LogP contribution in [0.15, 0.2) is 54.6 Å². The Bertz CT molecular complexity index is 832. The van der Waals surface area contributed by atoms with Gasteiger partial charge in [-0.25, -0.2) is 4.39 Å². The topological polar surface area (TPSA) is 58.2 Å². The highest BCUT2D eigenvalue weighted by molar-refractivity contribution is 5.97. The van der Waals surface area contributed by atoms with Crippen molar-refractivity contribution in [3.63, 3.8) is 0 Å². The molecule has 0 saturated heterocycles. The standard InChI is InChI=1S/C23H29FN2O2.C5H12.3H2/c1-3-8-20(9-4-2)25-23(28)21(16-17-10-6-5-7-11-17)26-22(27)18-12-14-19(24)15-13-18;1-5(2,3)4;;;/h5-7,10-15,20-21H,3-4,8-9,16H2,1-2H3,(H,25,28)(H,26,27);1-4H3;3*1H/t21-;;;;/m0..../s1. The minimum Gasteiger partial charge on any atom is -0.352 e. The smallest absolute Gasteiger partial charge is 0.251 e. The van der Waals surface area contributed by atoms with Crippen LogP contribution in [0.5, 0.6) is 0 Å². The number of rotatable bonds is 10. The van der Waals surface area contributed by atoms with Gasteiger partial charge in [0.2, 0.25) is 5.91 Å². The summed E-state index contributed by atoms with van der Waals surface area (Å²) < 4.78 is 13.1. The van der Waals surface area contributed by atoms with E-state index in [1.807, 2.05) is 30.3 Å². The Morgan fingerprint density at radius 3 is 1.88 bits per heavy atom. The number of hydrogen-bond acceptors (Lipinski definition) is 2. The molecule has 0 fully saturated rings. The van der Waals surface area contributed by atoms with Gasteiger partial charge in [-0.05, 0) is 48.1 Å². The highest BCUT2D eigenvalue weighted by atomic mass is 19.1. The number of hydrogen-bond donors (Lipinski definition) is 2. The molecule has 33 heavy (non-hydrogen) atoms. The number of benzene rings is 2. The maximum absolute atomic E-state index is 13.1. The molecule has 5 heteroatoms. The van der Waals surface area contributed by atoms with Crippen molar-refractivity contribution in [3.8, 4) is 0 Å². The van der Waals surface area contributed by atoms with Gasteiger partial charge in [-0.1, -0.05) is 84.7 Å². The zero-order valence-electron chi connectivity index (χ0n) is 21.1. The fraction of sp³-hybridized carbons (Fsp3) is 0.500. The molecule has 0 spiro atoms. The molecule has 0 saturated carbocycles. The lowest BCUT2D eigenvalue weighted by atomic mass is 10.0. The van der Waals surface area contributed by atoms with Crippen molar-refractivity contribution >= 4 is 11.8 Å². The van der Waals surface area contributed by atoms with E-state index in [-0.39, 0.29) is 16.2 Å². The first-order valence-corrected chi connectivity index (χ1v) is 11.9. The quantitative estimate of drug-likeness (QED) is 0.398. The van der Waals surface area contributed by atoms with Gasteiger partial charge in [0.05, 0.1) is 0 Å². The maximum atomic E-state index is 13.1. The van der Waals surface area contributed by atoms with E-state index < -0.39 is 17.8 Å². The van der Waals surface area contributed by atoms with E-state index in [1.54, 1.807) is 0 Å². The second-order valence-corrected chi connectivity index (χ2v) is 10.0. The monoisotopic (exact) mass is 462 g/mol. The number of amides is 2. The molecular weight excluding hydrogens is 415 g/mol. The Hall–Kier alpha value is -2.69. The normalized spacial score (nSPS) is 11.9. The third-order valence-corrected chi connectivity index (χ3v) is 4.63.